The van der Waals surface area contributed by atoms with Crippen LogP contribution in [-0.4, -0.2) is 22.5 Å². The van der Waals surface area contributed by atoms with Gasteiger partial charge in [0.2, 0.25) is 5.91 Å². The van der Waals surface area contributed by atoms with Crippen molar-refractivity contribution in [2.24, 2.45) is 0 Å². The van der Waals surface area contributed by atoms with E-state index in [-0.39, 0.29) is 17.8 Å². The predicted molar refractivity (Wildman–Crippen MR) is 75.8 cm³/mol. The summed E-state index contributed by atoms with van der Waals surface area (Å²) in [6.07, 6.45) is 0. The molecule has 4 nitrogen and oxygen atoms in total. The Morgan fingerprint density at radius 3 is 2.94 bits per heavy atom. The highest BCUT2D eigenvalue weighted by molar-refractivity contribution is 9.10. The van der Waals surface area contributed by atoms with E-state index in [0.717, 1.165) is 15.5 Å². The maximum absolute atomic E-state index is 11.6. The molecule has 6 heteroatoms. The number of fused-ring (bicyclic) bond motifs is 1. The van der Waals surface area contributed by atoms with Crippen molar-refractivity contribution in [2.75, 3.05) is 7.05 Å². The molecule has 0 saturated carbocycles. The van der Waals surface area contributed by atoms with Gasteiger partial charge in [-0.25, -0.2) is 4.98 Å². The number of benzene rings is 1. The number of aromatic nitrogens is 2. The summed E-state index contributed by atoms with van der Waals surface area (Å²) in [5, 5.41) is 2.36. The number of halogens is 2. The molecule has 18 heavy (non-hydrogen) atoms. The number of nitrogens with zero attached hydrogens (tertiary/aromatic N) is 2. The van der Waals surface area contributed by atoms with Crippen molar-refractivity contribution in [2.45, 2.75) is 18.8 Å². The summed E-state index contributed by atoms with van der Waals surface area (Å²) in [5.74, 6) is 0.626. The van der Waals surface area contributed by atoms with Crippen molar-refractivity contribution in [1.29, 1.82) is 0 Å². The van der Waals surface area contributed by atoms with E-state index in [4.69, 9.17) is 11.6 Å². The average Bonchev–Trinajstić information content (AvgIpc) is 2.67. The highest BCUT2D eigenvalue weighted by Crippen LogP contribution is 2.26. The molecule has 1 aromatic heterocycles. The van der Waals surface area contributed by atoms with Gasteiger partial charge in [-0.15, -0.1) is 11.6 Å². The van der Waals surface area contributed by atoms with Crippen LogP contribution in [0.4, 0.5) is 0 Å². The molecule has 96 valence electrons. The molecule has 0 bridgehead atoms. The summed E-state index contributed by atoms with van der Waals surface area (Å²) >= 11 is 9.54. The Hall–Kier alpha value is -1.07. The number of rotatable bonds is 3. The molecule has 0 spiro atoms. The zero-order valence-electron chi connectivity index (χ0n) is 10.1. The lowest BCUT2D eigenvalue weighted by Gasteiger charge is -2.09. The molecule has 0 aliphatic heterocycles. The molecule has 1 amide bonds. The SMILES string of the molecule is CNC(=O)Cn1c(C(C)Cl)nc2ccc(Br)cc21. The fourth-order valence-electron chi connectivity index (χ4n) is 1.81. The molecule has 2 rings (SSSR count). The van der Waals surface area contributed by atoms with Crippen LogP contribution in [0.5, 0.6) is 0 Å². The van der Waals surface area contributed by atoms with Crippen LogP contribution in [0.2, 0.25) is 0 Å². The van der Waals surface area contributed by atoms with Gasteiger partial charge in [-0.1, -0.05) is 15.9 Å². The standard InChI is InChI=1S/C12H13BrClN3O/c1-7(14)12-16-9-4-3-8(13)5-10(9)17(12)6-11(18)15-2/h3-5,7H,6H2,1-2H3,(H,15,18). The van der Waals surface area contributed by atoms with E-state index in [1.54, 1.807) is 7.05 Å². The second-order valence-corrected chi connectivity index (χ2v) is 5.55. The van der Waals surface area contributed by atoms with Crippen LogP contribution in [-0.2, 0) is 11.3 Å². The largest absolute Gasteiger partial charge is 0.358 e. The van der Waals surface area contributed by atoms with E-state index in [2.05, 4.69) is 26.2 Å². The molecule has 1 unspecified atom stereocenters. The molecule has 0 saturated heterocycles. The van der Waals surface area contributed by atoms with Crippen LogP contribution in [0.15, 0.2) is 22.7 Å². The van der Waals surface area contributed by atoms with Gasteiger partial charge in [0.05, 0.1) is 16.4 Å². The van der Waals surface area contributed by atoms with E-state index in [0.29, 0.717) is 5.82 Å². The minimum atomic E-state index is -0.249. The van der Waals surface area contributed by atoms with Gasteiger partial charge in [0.25, 0.3) is 0 Å². The normalized spacial score (nSPS) is 12.7. The lowest BCUT2D eigenvalue weighted by molar-refractivity contribution is -0.121. The van der Waals surface area contributed by atoms with Crippen molar-refractivity contribution >= 4 is 44.5 Å². The Kier molecular flexibility index (Phi) is 3.92. The van der Waals surface area contributed by atoms with E-state index >= 15 is 0 Å². The third-order valence-corrected chi connectivity index (χ3v) is 3.36. The first kappa shape index (κ1) is 13.4. The second kappa shape index (κ2) is 5.28. The second-order valence-electron chi connectivity index (χ2n) is 3.98. The van der Waals surface area contributed by atoms with Gasteiger partial charge in [-0.05, 0) is 25.1 Å². The van der Waals surface area contributed by atoms with Gasteiger partial charge in [0, 0.05) is 11.5 Å². The predicted octanol–water partition coefficient (Wildman–Crippen LogP) is 2.84. The number of hydrogen-bond donors (Lipinski definition) is 1. The first-order valence-corrected chi connectivity index (χ1v) is 6.76. The summed E-state index contributed by atoms with van der Waals surface area (Å²) < 4.78 is 2.79. The van der Waals surface area contributed by atoms with Gasteiger partial charge >= 0.3 is 0 Å². The monoisotopic (exact) mass is 329 g/mol. The topological polar surface area (TPSA) is 46.9 Å². The van der Waals surface area contributed by atoms with Crippen LogP contribution >= 0.6 is 27.5 Å². The number of imidazole rings is 1. The fourth-order valence-corrected chi connectivity index (χ4v) is 2.32. The van der Waals surface area contributed by atoms with E-state index in [9.17, 15) is 4.79 Å². The number of likely N-dealkylation sites (N-methyl/N-ethyl adjacent to an activating group) is 1. The average molecular weight is 331 g/mol. The molecule has 0 radical (unpaired) electrons. The Morgan fingerprint density at radius 2 is 2.33 bits per heavy atom. The molecule has 0 aliphatic rings. The van der Waals surface area contributed by atoms with E-state index < -0.39 is 0 Å². The highest BCUT2D eigenvalue weighted by atomic mass is 79.9. The maximum atomic E-state index is 11.6. The molecule has 1 N–H and O–H groups in total. The number of hydrogen-bond acceptors (Lipinski definition) is 2. The lowest BCUT2D eigenvalue weighted by atomic mass is 10.3. The molecule has 1 aromatic carbocycles. The summed E-state index contributed by atoms with van der Waals surface area (Å²) in [5.41, 5.74) is 1.74. The summed E-state index contributed by atoms with van der Waals surface area (Å²) in [6, 6.07) is 5.76. The first-order valence-electron chi connectivity index (χ1n) is 5.53. The van der Waals surface area contributed by atoms with E-state index in [1.165, 1.54) is 0 Å². The van der Waals surface area contributed by atoms with Crippen LogP contribution in [0, 0.1) is 0 Å². The minimum absolute atomic E-state index is 0.0761. The van der Waals surface area contributed by atoms with Crippen molar-refractivity contribution in [3.05, 3.63) is 28.5 Å². The third-order valence-electron chi connectivity index (χ3n) is 2.68. The number of amides is 1. The van der Waals surface area contributed by atoms with Crippen LogP contribution < -0.4 is 5.32 Å². The summed E-state index contributed by atoms with van der Waals surface area (Å²) in [4.78, 5) is 16.0. The third kappa shape index (κ3) is 2.52. The minimum Gasteiger partial charge on any atom is -0.358 e. The summed E-state index contributed by atoms with van der Waals surface area (Å²) in [7, 11) is 1.61. The Labute approximate surface area is 118 Å². The lowest BCUT2D eigenvalue weighted by Crippen LogP contribution is -2.24. The van der Waals surface area contributed by atoms with Gasteiger partial charge in [-0.3, -0.25) is 4.79 Å². The zero-order chi connectivity index (χ0) is 13.3. The molecule has 0 fully saturated rings. The molecular weight excluding hydrogens is 318 g/mol. The van der Waals surface area contributed by atoms with Crippen LogP contribution in [0.25, 0.3) is 11.0 Å². The van der Waals surface area contributed by atoms with Crippen LogP contribution in [0.1, 0.15) is 18.1 Å². The number of nitrogens with one attached hydrogen (secondary N) is 1. The van der Waals surface area contributed by atoms with Gasteiger partial charge in [0.15, 0.2) is 0 Å². The Bertz CT molecular complexity index is 594. The number of carbonyl (C=O) groups is 1. The molecular formula is C12H13BrClN3O. The van der Waals surface area contributed by atoms with Crippen molar-refractivity contribution in [3.8, 4) is 0 Å². The van der Waals surface area contributed by atoms with Crippen LogP contribution in [0.3, 0.4) is 0 Å². The van der Waals surface area contributed by atoms with Gasteiger partial charge in [0.1, 0.15) is 12.4 Å². The first-order chi connectivity index (χ1) is 8.52. The Morgan fingerprint density at radius 1 is 1.61 bits per heavy atom. The van der Waals surface area contributed by atoms with Crippen molar-refractivity contribution in [1.82, 2.24) is 14.9 Å². The Balaban J connectivity index is 2.60. The number of alkyl halides is 1. The van der Waals surface area contributed by atoms with Crippen molar-refractivity contribution in [3.63, 3.8) is 0 Å². The van der Waals surface area contributed by atoms with Crippen molar-refractivity contribution < 1.29 is 4.79 Å². The fraction of sp³-hybridized carbons (Fsp3) is 0.333. The zero-order valence-corrected chi connectivity index (χ0v) is 12.4. The highest BCUT2D eigenvalue weighted by Gasteiger charge is 2.16. The molecule has 1 heterocycles. The maximum Gasteiger partial charge on any atom is 0.239 e. The van der Waals surface area contributed by atoms with E-state index in [1.807, 2.05) is 29.7 Å². The number of carbonyl (C=O) groups excluding carboxylic acids is 1. The van der Waals surface area contributed by atoms with Gasteiger partial charge in [-0.2, -0.15) is 0 Å². The smallest absolute Gasteiger partial charge is 0.239 e. The molecule has 1 atom stereocenters. The van der Waals surface area contributed by atoms with Gasteiger partial charge < -0.3 is 9.88 Å². The quantitative estimate of drug-likeness (QED) is 0.880. The molecule has 0 aliphatic carbocycles. The molecule has 2 aromatic rings. The summed E-state index contributed by atoms with van der Waals surface area (Å²) in [6.45, 7) is 2.06.